The number of carbonyl (C=O) groups is 1. The standard InChI is InChI=1S/C13H15NOS2/c1-4-10-8(2)13(17-9(10)3)14-12(15)11-6-5-7-16-11/h5-7H,4H2,1-3H3,(H,14,15). The van der Waals surface area contributed by atoms with Gasteiger partial charge in [-0.2, -0.15) is 0 Å². The third-order valence-corrected chi connectivity index (χ3v) is 4.83. The summed E-state index contributed by atoms with van der Waals surface area (Å²) >= 11 is 3.13. The van der Waals surface area contributed by atoms with Crippen LogP contribution in [-0.4, -0.2) is 5.91 Å². The van der Waals surface area contributed by atoms with Gasteiger partial charge in [0, 0.05) is 4.88 Å². The highest BCUT2D eigenvalue weighted by molar-refractivity contribution is 7.17. The highest BCUT2D eigenvalue weighted by atomic mass is 32.1. The molecular formula is C13H15NOS2. The van der Waals surface area contributed by atoms with Crippen LogP contribution in [0.2, 0.25) is 0 Å². The van der Waals surface area contributed by atoms with Crippen LogP contribution in [0.4, 0.5) is 5.00 Å². The quantitative estimate of drug-likeness (QED) is 0.883. The van der Waals surface area contributed by atoms with Gasteiger partial charge in [0.15, 0.2) is 0 Å². The van der Waals surface area contributed by atoms with E-state index < -0.39 is 0 Å². The van der Waals surface area contributed by atoms with E-state index in [2.05, 4.69) is 26.1 Å². The van der Waals surface area contributed by atoms with Crippen LogP contribution < -0.4 is 5.32 Å². The minimum Gasteiger partial charge on any atom is -0.313 e. The average molecular weight is 265 g/mol. The fourth-order valence-electron chi connectivity index (χ4n) is 1.90. The van der Waals surface area contributed by atoms with Crippen molar-refractivity contribution in [2.45, 2.75) is 27.2 Å². The van der Waals surface area contributed by atoms with Crippen LogP contribution in [0.3, 0.4) is 0 Å². The van der Waals surface area contributed by atoms with E-state index in [4.69, 9.17) is 0 Å². The van der Waals surface area contributed by atoms with Gasteiger partial charge in [0.2, 0.25) is 0 Å². The van der Waals surface area contributed by atoms with Crippen LogP contribution in [0, 0.1) is 13.8 Å². The summed E-state index contributed by atoms with van der Waals surface area (Å²) < 4.78 is 0. The van der Waals surface area contributed by atoms with Crippen molar-refractivity contribution in [3.63, 3.8) is 0 Å². The topological polar surface area (TPSA) is 29.1 Å². The molecule has 2 aromatic rings. The molecule has 0 atom stereocenters. The molecule has 0 aliphatic rings. The fraction of sp³-hybridized carbons (Fsp3) is 0.308. The molecule has 0 saturated carbocycles. The van der Waals surface area contributed by atoms with Gasteiger partial charge in [0.05, 0.1) is 9.88 Å². The first-order chi connectivity index (χ1) is 8.13. The molecule has 0 aliphatic carbocycles. The van der Waals surface area contributed by atoms with Gasteiger partial charge in [0.1, 0.15) is 0 Å². The van der Waals surface area contributed by atoms with Gasteiger partial charge in [-0.25, -0.2) is 0 Å². The van der Waals surface area contributed by atoms with Crippen molar-refractivity contribution >= 4 is 33.6 Å². The lowest BCUT2D eigenvalue weighted by atomic mass is 10.1. The Balaban J connectivity index is 2.22. The van der Waals surface area contributed by atoms with Gasteiger partial charge >= 0.3 is 0 Å². The fourth-order valence-corrected chi connectivity index (χ4v) is 3.66. The Bertz CT molecular complexity index is 526. The number of anilines is 1. The summed E-state index contributed by atoms with van der Waals surface area (Å²) in [4.78, 5) is 14.0. The van der Waals surface area contributed by atoms with Crippen LogP contribution in [0.15, 0.2) is 17.5 Å². The molecule has 0 spiro atoms. The first-order valence-corrected chi connectivity index (χ1v) is 7.26. The molecule has 0 fully saturated rings. The number of carbonyl (C=O) groups excluding carboxylic acids is 1. The summed E-state index contributed by atoms with van der Waals surface area (Å²) in [6.45, 7) is 6.33. The molecule has 0 saturated heterocycles. The Morgan fingerprint density at radius 1 is 1.41 bits per heavy atom. The molecule has 2 nitrogen and oxygen atoms in total. The zero-order chi connectivity index (χ0) is 12.4. The van der Waals surface area contributed by atoms with Crippen molar-refractivity contribution in [2.24, 2.45) is 0 Å². The average Bonchev–Trinajstić information content (AvgIpc) is 2.89. The lowest BCUT2D eigenvalue weighted by molar-refractivity contribution is 0.103. The third kappa shape index (κ3) is 2.42. The number of nitrogens with one attached hydrogen (secondary N) is 1. The second-order valence-corrected chi connectivity index (χ2v) is 6.05. The summed E-state index contributed by atoms with van der Waals surface area (Å²) in [5, 5.41) is 5.90. The number of thiophene rings is 2. The number of hydrogen-bond donors (Lipinski definition) is 1. The maximum atomic E-state index is 11.9. The predicted octanol–water partition coefficient (Wildman–Crippen LogP) is 4.24. The summed E-state index contributed by atoms with van der Waals surface area (Å²) in [5.74, 6) is -0.00740. The molecule has 4 heteroatoms. The van der Waals surface area contributed by atoms with E-state index in [9.17, 15) is 4.79 Å². The van der Waals surface area contributed by atoms with Crippen LogP contribution in [-0.2, 0) is 6.42 Å². The summed E-state index contributed by atoms with van der Waals surface area (Å²) in [6, 6.07) is 3.74. The SMILES string of the molecule is CCc1c(C)sc(NC(=O)c2cccs2)c1C. The maximum Gasteiger partial charge on any atom is 0.266 e. The molecule has 0 bridgehead atoms. The smallest absolute Gasteiger partial charge is 0.266 e. The normalized spacial score (nSPS) is 10.5. The molecule has 0 aliphatic heterocycles. The van der Waals surface area contributed by atoms with E-state index in [-0.39, 0.29) is 5.91 Å². The molecule has 0 aromatic carbocycles. The van der Waals surface area contributed by atoms with Gasteiger partial charge < -0.3 is 5.32 Å². The van der Waals surface area contributed by atoms with Crippen molar-refractivity contribution < 1.29 is 4.79 Å². The first-order valence-electron chi connectivity index (χ1n) is 5.57. The minimum absolute atomic E-state index is 0.00740. The van der Waals surface area contributed by atoms with Crippen molar-refractivity contribution in [2.75, 3.05) is 5.32 Å². The zero-order valence-corrected chi connectivity index (χ0v) is 11.8. The minimum atomic E-state index is -0.00740. The highest BCUT2D eigenvalue weighted by Crippen LogP contribution is 2.32. The third-order valence-electron chi connectivity index (χ3n) is 2.80. The second-order valence-electron chi connectivity index (χ2n) is 3.88. The van der Waals surface area contributed by atoms with Crippen LogP contribution in [0.5, 0.6) is 0 Å². The first kappa shape index (κ1) is 12.3. The molecule has 1 amide bonds. The van der Waals surface area contributed by atoms with E-state index in [1.54, 1.807) is 11.3 Å². The second kappa shape index (κ2) is 5.02. The molecule has 2 rings (SSSR count). The van der Waals surface area contributed by atoms with Gasteiger partial charge in [-0.15, -0.1) is 22.7 Å². The Morgan fingerprint density at radius 3 is 2.71 bits per heavy atom. The maximum absolute atomic E-state index is 11.9. The highest BCUT2D eigenvalue weighted by Gasteiger charge is 2.14. The lowest BCUT2D eigenvalue weighted by Gasteiger charge is -2.02. The van der Waals surface area contributed by atoms with Crippen molar-refractivity contribution in [1.29, 1.82) is 0 Å². The monoisotopic (exact) mass is 265 g/mol. The van der Waals surface area contributed by atoms with Gasteiger partial charge in [0.25, 0.3) is 5.91 Å². The molecule has 0 radical (unpaired) electrons. The van der Waals surface area contributed by atoms with Gasteiger partial charge in [-0.1, -0.05) is 13.0 Å². The number of amides is 1. The van der Waals surface area contributed by atoms with Crippen molar-refractivity contribution in [3.8, 4) is 0 Å². The molecule has 1 N–H and O–H groups in total. The van der Waals surface area contributed by atoms with Crippen LogP contribution in [0.1, 0.15) is 32.6 Å². The van der Waals surface area contributed by atoms with E-state index >= 15 is 0 Å². The van der Waals surface area contributed by atoms with E-state index in [1.165, 1.54) is 27.3 Å². The van der Waals surface area contributed by atoms with Crippen molar-refractivity contribution in [3.05, 3.63) is 38.4 Å². The van der Waals surface area contributed by atoms with Crippen LogP contribution >= 0.6 is 22.7 Å². The van der Waals surface area contributed by atoms with E-state index in [0.717, 1.165) is 16.3 Å². The molecular weight excluding hydrogens is 250 g/mol. The zero-order valence-electron chi connectivity index (χ0n) is 10.2. The molecule has 2 heterocycles. The summed E-state index contributed by atoms with van der Waals surface area (Å²) in [6.07, 6.45) is 1.02. The Morgan fingerprint density at radius 2 is 2.18 bits per heavy atom. The number of aryl methyl sites for hydroxylation is 1. The van der Waals surface area contributed by atoms with E-state index in [1.807, 2.05) is 17.5 Å². The number of hydrogen-bond acceptors (Lipinski definition) is 3. The summed E-state index contributed by atoms with van der Waals surface area (Å²) in [7, 11) is 0. The van der Waals surface area contributed by atoms with E-state index in [0.29, 0.717) is 0 Å². The largest absolute Gasteiger partial charge is 0.313 e. The Hall–Kier alpha value is -1.13. The molecule has 90 valence electrons. The van der Waals surface area contributed by atoms with Gasteiger partial charge in [-0.05, 0) is 42.8 Å². The van der Waals surface area contributed by atoms with Crippen molar-refractivity contribution in [1.82, 2.24) is 0 Å². The number of rotatable bonds is 3. The van der Waals surface area contributed by atoms with Crippen LogP contribution in [0.25, 0.3) is 0 Å². The lowest BCUT2D eigenvalue weighted by Crippen LogP contribution is -2.09. The molecule has 0 unspecified atom stereocenters. The predicted molar refractivity (Wildman–Crippen MR) is 75.4 cm³/mol. The Kier molecular flexibility index (Phi) is 3.64. The molecule has 2 aromatic heterocycles. The van der Waals surface area contributed by atoms with Gasteiger partial charge in [-0.3, -0.25) is 4.79 Å². The Labute approximate surface area is 109 Å². The molecule has 17 heavy (non-hydrogen) atoms. The summed E-state index contributed by atoms with van der Waals surface area (Å²) in [5.41, 5.74) is 2.57.